The molecule has 1 aromatic carbocycles. The van der Waals surface area contributed by atoms with Crippen molar-refractivity contribution in [1.82, 2.24) is 4.90 Å². The average molecular weight is 268 g/mol. The van der Waals surface area contributed by atoms with E-state index in [-0.39, 0.29) is 5.91 Å². The smallest absolute Gasteiger partial charge is 0.218 e. The van der Waals surface area contributed by atoms with Gasteiger partial charge in [-0.1, -0.05) is 23.7 Å². The highest BCUT2D eigenvalue weighted by atomic mass is 35.5. The third kappa shape index (κ3) is 3.37. The molecule has 0 radical (unpaired) electrons. The number of primary amides is 1. The molecule has 0 aliphatic carbocycles. The second kappa shape index (κ2) is 6.07. The van der Waals surface area contributed by atoms with Crippen LogP contribution in [0.2, 0.25) is 5.02 Å². The summed E-state index contributed by atoms with van der Waals surface area (Å²) in [5.74, 6) is -0.233. The summed E-state index contributed by atoms with van der Waals surface area (Å²) >= 11 is 6.18. The Morgan fingerprint density at radius 3 is 2.50 bits per heavy atom. The Morgan fingerprint density at radius 2 is 1.89 bits per heavy atom. The first-order valence-corrected chi connectivity index (χ1v) is 6.55. The van der Waals surface area contributed by atoms with E-state index in [0.29, 0.717) is 6.42 Å². The van der Waals surface area contributed by atoms with Gasteiger partial charge in [0.25, 0.3) is 0 Å². The average Bonchev–Trinajstić information content (AvgIpc) is 2.38. The fraction of sp³-hybridized carbons (Fsp3) is 0.462. The van der Waals surface area contributed by atoms with Crippen molar-refractivity contribution in [3.05, 3.63) is 29.3 Å². The standard InChI is InChI=1S/C13H18ClN3O/c14-11-3-1-2-4-12(11)17-9-7-16(8-10-17)6-5-13(15)18/h1-4H,5-10H2,(H2,15,18). The second-order valence-corrected chi connectivity index (χ2v) is 4.90. The first kappa shape index (κ1) is 13.2. The molecule has 1 aliphatic heterocycles. The number of carbonyl (C=O) groups excluding carboxylic acids is 1. The molecule has 1 fully saturated rings. The van der Waals surface area contributed by atoms with E-state index in [9.17, 15) is 4.79 Å². The molecule has 1 amide bonds. The molecular weight excluding hydrogens is 250 g/mol. The van der Waals surface area contributed by atoms with E-state index >= 15 is 0 Å². The molecular formula is C13H18ClN3O. The van der Waals surface area contributed by atoms with Crippen LogP contribution in [0.25, 0.3) is 0 Å². The van der Waals surface area contributed by atoms with E-state index in [1.807, 2.05) is 24.3 Å². The van der Waals surface area contributed by atoms with Gasteiger partial charge in [-0.05, 0) is 12.1 Å². The molecule has 1 heterocycles. The van der Waals surface area contributed by atoms with E-state index in [4.69, 9.17) is 17.3 Å². The van der Waals surface area contributed by atoms with Crippen LogP contribution in [-0.2, 0) is 4.79 Å². The number of nitrogens with two attached hydrogens (primary N) is 1. The van der Waals surface area contributed by atoms with Gasteiger partial charge in [-0.2, -0.15) is 0 Å². The van der Waals surface area contributed by atoms with Crippen LogP contribution in [0.5, 0.6) is 0 Å². The summed E-state index contributed by atoms with van der Waals surface area (Å²) < 4.78 is 0. The zero-order valence-electron chi connectivity index (χ0n) is 10.3. The lowest BCUT2D eigenvalue weighted by atomic mass is 10.2. The molecule has 18 heavy (non-hydrogen) atoms. The summed E-state index contributed by atoms with van der Waals surface area (Å²) in [4.78, 5) is 15.3. The molecule has 5 heteroatoms. The number of halogens is 1. The highest BCUT2D eigenvalue weighted by Crippen LogP contribution is 2.25. The Hall–Kier alpha value is -1.26. The topological polar surface area (TPSA) is 49.6 Å². The number of anilines is 1. The number of para-hydroxylation sites is 1. The van der Waals surface area contributed by atoms with E-state index in [0.717, 1.165) is 43.4 Å². The highest BCUT2D eigenvalue weighted by molar-refractivity contribution is 6.33. The molecule has 0 spiro atoms. The molecule has 0 saturated carbocycles. The van der Waals surface area contributed by atoms with Crippen LogP contribution in [0.3, 0.4) is 0 Å². The highest BCUT2D eigenvalue weighted by Gasteiger charge is 2.18. The molecule has 0 atom stereocenters. The lowest BCUT2D eigenvalue weighted by Gasteiger charge is -2.36. The minimum Gasteiger partial charge on any atom is -0.370 e. The molecule has 1 aliphatic rings. The second-order valence-electron chi connectivity index (χ2n) is 4.50. The maximum absolute atomic E-state index is 10.7. The Labute approximate surface area is 112 Å². The van der Waals surface area contributed by atoms with E-state index < -0.39 is 0 Å². The summed E-state index contributed by atoms with van der Waals surface area (Å²) in [5, 5.41) is 0.795. The maximum atomic E-state index is 10.7. The van der Waals surface area contributed by atoms with Gasteiger partial charge in [0.1, 0.15) is 0 Å². The quantitative estimate of drug-likeness (QED) is 0.896. The Kier molecular flexibility index (Phi) is 4.44. The van der Waals surface area contributed by atoms with Crippen molar-refractivity contribution in [2.75, 3.05) is 37.6 Å². The molecule has 0 aromatic heterocycles. The van der Waals surface area contributed by atoms with Gasteiger partial charge >= 0.3 is 0 Å². The molecule has 1 aromatic rings. The minimum absolute atomic E-state index is 0.233. The largest absolute Gasteiger partial charge is 0.370 e. The van der Waals surface area contributed by atoms with Crippen molar-refractivity contribution in [3.63, 3.8) is 0 Å². The monoisotopic (exact) mass is 267 g/mol. The van der Waals surface area contributed by atoms with Gasteiger partial charge in [-0.15, -0.1) is 0 Å². The molecule has 0 unspecified atom stereocenters. The van der Waals surface area contributed by atoms with Gasteiger partial charge in [-0.3, -0.25) is 9.69 Å². The number of amides is 1. The minimum atomic E-state index is -0.233. The number of piperazine rings is 1. The van der Waals surface area contributed by atoms with Crippen LogP contribution in [0.4, 0.5) is 5.69 Å². The Morgan fingerprint density at radius 1 is 1.22 bits per heavy atom. The van der Waals surface area contributed by atoms with E-state index in [1.165, 1.54) is 0 Å². The number of hydrogen-bond acceptors (Lipinski definition) is 3. The predicted octanol–water partition coefficient (Wildman–Crippen LogP) is 1.34. The molecule has 1 saturated heterocycles. The van der Waals surface area contributed by atoms with Gasteiger partial charge in [0.2, 0.25) is 5.91 Å². The maximum Gasteiger partial charge on any atom is 0.218 e. The molecule has 2 N–H and O–H groups in total. The third-order valence-electron chi connectivity index (χ3n) is 3.24. The number of carbonyl (C=O) groups is 1. The van der Waals surface area contributed by atoms with Crippen molar-refractivity contribution in [2.45, 2.75) is 6.42 Å². The van der Waals surface area contributed by atoms with E-state index in [1.54, 1.807) is 0 Å². The normalized spacial score (nSPS) is 16.8. The summed E-state index contributed by atoms with van der Waals surface area (Å²) in [6, 6.07) is 7.90. The molecule has 0 bridgehead atoms. The SMILES string of the molecule is NC(=O)CCN1CCN(c2ccccc2Cl)CC1. The van der Waals surface area contributed by atoms with Gasteiger partial charge in [0.05, 0.1) is 10.7 Å². The lowest BCUT2D eigenvalue weighted by Crippen LogP contribution is -2.47. The number of nitrogens with zero attached hydrogens (tertiary/aromatic N) is 2. The van der Waals surface area contributed by atoms with Crippen molar-refractivity contribution < 1.29 is 4.79 Å². The molecule has 2 rings (SSSR count). The zero-order chi connectivity index (χ0) is 13.0. The summed E-state index contributed by atoms with van der Waals surface area (Å²) in [6.07, 6.45) is 0.437. The van der Waals surface area contributed by atoms with Crippen LogP contribution < -0.4 is 10.6 Å². The van der Waals surface area contributed by atoms with Crippen LogP contribution in [-0.4, -0.2) is 43.5 Å². The number of benzene rings is 1. The molecule has 4 nitrogen and oxygen atoms in total. The van der Waals surface area contributed by atoms with E-state index in [2.05, 4.69) is 9.80 Å². The lowest BCUT2D eigenvalue weighted by molar-refractivity contribution is -0.118. The molecule has 98 valence electrons. The number of hydrogen-bond donors (Lipinski definition) is 1. The van der Waals surface area contributed by atoms with Gasteiger partial charge < -0.3 is 10.6 Å². The van der Waals surface area contributed by atoms with Gasteiger partial charge in [0.15, 0.2) is 0 Å². The summed E-state index contributed by atoms with van der Waals surface area (Å²) in [7, 11) is 0. The van der Waals surface area contributed by atoms with Crippen LogP contribution >= 0.6 is 11.6 Å². The third-order valence-corrected chi connectivity index (χ3v) is 3.56. The van der Waals surface area contributed by atoms with Crippen LogP contribution in [0.1, 0.15) is 6.42 Å². The Balaban J connectivity index is 1.87. The van der Waals surface area contributed by atoms with Crippen molar-refractivity contribution in [2.24, 2.45) is 5.73 Å². The predicted molar refractivity (Wildman–Crippen MR) is 73.9 cm³/mol. The van der Waals surface area contributed by atoms with Crippen molar-refractivity contribution in [3.8, 4) is 0 Å². The van der Waals surface area contributed by atoms with Crippen molar-refractivity contribution >= 4 is 23.2 Å². The zero-order valence-corrected chi connectivity index (χ0v) is 11.1. The number of rotatable bonds is 4. The van der Waals surface area contributed by atoms with Gasteiger partial charge in [-0.25, -0.2) is 0 Å². The fourth-order valence-electron chi connectivity index (χ4n) is 2.19. The van der Waals surface area contributed by atoms with Crippen molar-refractivity contribution in [1.29, 1.82) is 0 Å². The van der Waals surface area contributed by atoms with Crippen LogP contribution in [0.15, 0.2) is 24.3 Å². The summed E-state index contributed by atoms with van der Waals surface area (Å²) in [6.45, 7) is 4.51. The summed E-state index contributed by atoms with van der Waals surface area (Å²) in [5.41, 5.74) is 6.25. The Bertz CT molecular complexity index is 416. The first-order chi connectivity index (χ1) is 8.66. The first-order valence-electron chi connectivity index (χ1n) is 6.17. The van der Waals surface area contributed by atoms with Crippen LogP contribution in [0, 0.1) is 0 Å². The van der Waals surface area contributed by atoms with Gasteiger partial charge in [0, 0.05) is 39.1 Å². The fourth-order valence-corrected chi connectivity index (χ4v) is 2.44.